The summed E-state index contributed by atoms with van der Waals surface area (Å²) in [6, 6.07) is 10.7. The number of hydrogen-bond acceptors (Lipinski definition) is 0. The van der Waals surface area contributed by atoms with Crippen molar-refractivity contribution in [2.45, 2.75) is 51.9 Å². The summed E-state index contributed by atoms with van der Waals surface area (Å²) < 4.78 is 0. The Morgan fingerprint density at radius 3 is 2.25 bits per heavy atom. The number of unbranched alkanes of at least 4 members (excludes halogenated alkanes) is 4. The van der Waals surface area contributed by atoms with Gasteiger partial charge in [0.2, 0.25) is 0 Å². The summed E-state index contributed by atoms with van der Waals surface area (Å²) in [6.07, 6.45) is 13.7. The van der Waals surface area contributed by atoms with E-state index in [4.69, 9.17) is 0 Å². The maximum Gasteiger partial charge on any atom is -0.0276 e. The van der Waals surface area contributed by atoms with E-state index < -0.39 is 0 Å². The molecule has 0 fully saturated rings. The van der Waals surface area contributed by atoms with Crippen molar-refractivity contribution in [1.29, 1.82) is 0 Å². The average Bonchev–Trinajstić information content (AvgIpc) is 2.34. The number of benzene rings is 1. The van der Waals surface area contributed by atoms with Gasteiger partial charge in [-0.25, -0.2) is 0 Å². The van der Waals surface area contributed by atoms with Gasteiger partial charge in [0.15, 0.2) is 0 Å². The first-order valence-corrected chi connectivity index (χ1v) is 6.62. The van der Waals surface area contributed by atoms with E-state index in [1.54, 1.807) is 0 Å². The third kappa shape index (κ3) is 6.44. The molecule has 0 amide bonds. The van der Waals surface area contributed by atoms with Crippen LogP contribution in [0.5, 0.6) is 0 Å². The van der Waals surface area contributed by atoms with Crippen LogP contribution in [-0.2, 0) is 6.42 Å². The Bertz CT molecular complexity index is 271. The van der Waals surface area contributed by atoms with Crippen molar-refractivity contribution in [3.63, 3.8) is 0 Å². The zero-order chi connectivity index (χ0) is 11.5. The lowest BCUT2D eigenvalue weighted by Gasteiger charge is -1.98. The second-order valence-corrected chi connectivity index (χ2v) is 4.35. The molecular formula is C16H24. The highest BCUT2D eigenvalue weighted by molar-refractivity contribution is 5.14. The van der Waals surface area contributed by atoms with Gasteiger partial charge in [-0.2, -0.15) is 0 Å². The Morgan fingerprint density at radius 2 is 1.56 bits per heavy atom. The molecule has 0 nitrogen and oxygen atoms in total. The first-order valence-electron chi connectivity index (χ1n) is 6.62. The maximum absolute atomic E-state index is 2.35. The highest BCUT2D eigenvalue weighted by atomic mass is 14.0. The van der Waals surface area contributed by atoms with Crippen LogP contribution >= 0.6 is 0 Å². The molecule has 0 unspecified atom stereocenters. The number of allylic oxidation sites excluding steroid dienone is 2. The van der Waals surface area contributed by atoms with E-state index >= 15 is 0 Å². The Balaban J connectivity index is 1.99. The van der Waals surface area contributed by atoms with Crippen molar-refractivity contribution in [1.82, 2.24) is 0 Å². The summed E-state index contributed by atoms with van der Waals surface area (Å²) in [5.41, 5.74) is 1.46. The summed E-state index contributed by atoms with van der Waals surface area (Å²) in [4.78, 5) is 0. The molecule has 88 valence electrons. The van der Waals surface area contributed by atoms with Gasteiger partial charge in [-0.3, -0.25) is 0 Å². The fraction of sp³-hybridized carbons (Fsp3) is 0.500. The van der Waals surface area contributed by atoms with Crippen LogP contribution in [0.4, 0.5) is 0 Å². The molecule has 0 aliphatic rings. The fourth-order valence-corrected chi connectivity index (χ4v) is 1.82. The quantitative estimate of drug-likeness (QED) is 0.416. The molecule has 0 aromatic heterocycles. The minimum Gasteiger partial charge on any atom is -0.0885 e. The Morgan fingerprint density at radius 1 is 0.875 bits per heavy atom. The molecule has 0 saturated heterocycles. The monoisotopic (exact) mass is 216 g/mol. The van der Waals surface area contributed by atoms with Crippen LogP contribution in [0.1, 0.15) is 51.0 Å². The van der Waals surface area contributed by atoms with Gasteiger partial charge in [0, 0.05) is 0 Å². The molecule has 0 heterocycles. The molecule has 0 aliphatic carbocycles. The van der Waals surface area contributed by atoms with Crippen molar-refractivity contribution in [2.24, 2.45) is 0 Å². The number of rotatable bonds is 8. The van der Waals surface area contributed by atoms with Gasteiger partial charge in [-0.15, -0.1) is 0 Å². The molecular weight excluding hydrogens is 192 g/mol. The van der Waals surface area contributed by atoms with E-state index in [0.29, 0.717) is 0 Å². The van der Waals surface area contributed by atoms with Gasteiger partial charge in [-0.1, -0.05) is 62.2 Å². The predicted octanol–water partition coefficient (Wildman–Crippen LogP) is 5.15. The zero-order valence-corrected chi connectivity index (χ0v) is 10.5. The zero-order valence-electron chi connectivity index (χ0n) is 10.5. The average molecular weight is 216 g/mol. The molecule has 0 heteroatoms. The SMILES string of the molecule is CCCCC/C=C/CCCc1ccccc1. The molecule has 0 radical (unpaired) electrons. The Labute approximate surface area is 100 Å². The van der Waals surface area contributed by atoms with E-state index in [9.17, 15) is 0 Å². The van der Waals surface area contributed by atoms with Crippen LogP contribution in [0, 0.1) is 0 Å². The lowest BCUT2D eigenvalue weighted by atomic mass is 10.1. The van der Waals surface area contributed by atoms with Gasteiger partial charge < -0.3 is 0 Å². The van der Waals surface area contributed by atoms with Crippen molar-refractivity contribution in [3.05, 3.63) is 48.0 Å². The third-order valence-electron chi connectivity index (χ3n) is 2.82. The van der Waals surface area contributed by atoms with Crippen molar-refractivity contribution < 1.29 is 0 Å². The highest BCUT2D eigenvalue weighted by Crippen LogP contribution is 2.06. The lowest BCUT2D eigenvalue weighted by molar-refractivity contribution is 0.726. The van der Waals surface area contributed by atoms with Gasteiger partial charge in [0.1, 0.15) is 0 Å². The second-order valence-electron chi connectivity index (χ2n) is 4.35. The molecule has 0 spiro atoms. The van der Waals surface area contributed by atoms with Crippen LogP contribution in [0.25, 0.3) is 0 Å². The van der Waals surface area contributed by atoms with Gasteiger partial charge >= 0.3 is 0 Å². The van der Waals surface area contributed by atoms with Crippen molar-refractivity contribution >= 4 is 0 Å². The number of aryl methyl sites for hydroxylation is 1. The Hall–Kier alpha value is -1.04. The van der Waals surface area contributed by atoms with Crippen molar-refractivity contribution in [3.8, 4) is 0 Å². The smallest absolute Gasteiger partial charge is 0.0276 e. The summed E-state index contributed by atoms with van der Waals surface area (Å²) in [5.74, 6) is 0. The van der Waals surface area contributed by atoms with E-state index in [1.807, 2.05) is 0 Å². The van der Waals surface area contributed by atoms with Gasteiger partial charge in [0.05, 0.1) is 0 Å². The maximum atomic E-state index is 2.35. The second kappa shape index (κ2) is 9.21. The van der Waals surface area contributed by atoms with Gasteiger partial charge in [0.25, 0.3) is 0 Å². The highest BCUT2D eigenvalue weighted by Gasteiger charge is 1.89. The van der Waals surface area contributed by atoms with Crippen LogP contribution in [-0.4, -0.2) is 0 Å². The normalized spacial score (nSPS) is 11.1. The van der Waals surface area contributed by atoms with Crippen LogP contribution < -0.4 is 0 Å². The first-order chi connectivity index (χ1) is 7.93. The molecule has 0 bridgehead atoms. The minimum atomic E-state index is 1.21. The molecule has 0 atom stereocenters. The molecule has 0 saturated carbocycles. The van der Waals surface area contributed by atoms with E-state index in [-0.39, 0.29) is 0 Å². The van der Waals surface area contributed by atoms with Crippen LogP contribution in [0.15, 0.2) is 42.5 Å². The predicted molar refractivity (Wildman–Crippen MR) is 72.7 cm³/mol. The summed E-state index contributed by atoms with van der Waals surface area (Å²) in [6.45, 7) is 2.25. The number of hydrogen-bond donors (Lipinski definition) is 0. The van der Waals surface area contributed by atoms with E-state index in [2.05, 4.69) is 49.4 Å². The lowest BCUT2D eigenvalue weighted by Crippen LogP contribution is -1.82. The summed E-state index contributed by atoms with van der Waals surface area (Å²) in [5, 5.41) is 0. The standard InChI is InChI=1S/C16H24/c1-2-3-4-5-6-7-8-10-13-16-14-11-9-12-15-16/h6-7,9,11-12,14-15H,2-5,8,10,13H2,1H3/b7-6+. The summed E-state index contributed by atoms with van der Waals surface area (Å²) >= 11 is 0. The molecule has 1 aromatic rings. The van der Waals surface area contributed by atoms with Crippen molar-refractivity contribution in [2.75, 3.05) is 0 Å². The van der Waals surface area contributed by atoms with E-state index in [1.165, 1.54) is 50.5 Å². The molecule has 1 aromatic carbocycles. The minimum absolute atomic E-state index is 1.21. The fourth-order valence-electron chi connectivity index (χ4n) is 1.82. The van der Waals surface area contributed by atoms with Crippen LogP contribution in [0.3, 0.4) is 0 Å². The molecule has 0 aliphatic heterocycles. The van der Waals surface area contributed by atoms with E-state index in [0.717, 1.165) is 0 Å². The van der Waals surface area contributed by atoms with Crippen LogP contribution in [0.2, 0.25) is 0 Å². The topological polar surface area (TPSA) is 0 Å². The van der Waals surface area contributed by atoms with Gasteiger partial charge in [-0.05, 0) is 37.7 Å². The molecule has 0 N–H and O–H groups in total. The molecule has 1 rings (SSSR count). The Kier molecular flexibility index (Phi) is 7.49. The third-order valence-corrected chi connectivity index (χ3v) is 2.82. The molecule has 16 heavy (non-hydrogen) atoms. The first kappa shape index (κ1) is 13.0. The summed E-state index contributed by atoms with van der Waals surface area (Å²) in [7, 11) is 0. The largest absolute Gasteiger partial charge is 0.0885 e.